The van der Waals surface area contributed by atoms with Gasteiger partial charge in [-0.1, -0.05) is 26.7 Å². The highest BCUT2D eigenvalue weighted by Gasteiger charge is 2.23. The molecule has 1 rings (SSSR count). The third-order valence-corrected chi connectivity index (χ3v) is 2.77. The molecular formula is C8H17N. The van der Waals surface area contributed by atoms with Gasteiger partial charge in [0.15, 0.2) is 0 Å². The van der Waals surface area contributed by atoms with Gasteiger partial charge in [-0.05, 0) is 18.3 Å². The van der Waals surface area contributed by atoms with Crippen LogP contribution in [0.25, 0.3) is 0 Å². The van der Waals surface area contributed by atoms with Crippen LogP contribution in [0.1, 0.15) is 33.1 Å². The SMILES string of the molecule is C[C@H]1[C@H](C)CCC[C@@H]1N. The Morgan fingerprint density at radius 1 is 1.22 bits per heavy atom. The number of rotatable bonds is 0. The first-order chi connectivity index (χ1) is 4.22. The highest BCUT2D eigenvalue weighted by Crippen LogP contribution is 2.27. The Morgan fingerprint density at radius 2 is 1.89 bits per heavy atom. The molecule has 1 aliphatic rings. The Bertz CT molecular complexity index is 80.6. The number of hydrogen-bond donors (Lipinski definition) is 1. The summed E-state index contributed by atoms with van der Waals surface area (Å²) in [6, 6.07) is 0.480. The second-order valence-corrected chi connectivity index (χ2v) is 3.43. The van der Waals surface area contributed by atoms with Crippen LogP contribution in [0.5, 0.6) is 0 Å². The van der Waals surface area contributed by atoms with Crippen LogP contribution in [0.4, 0.5) is 0 Å². The third kappa shape index (κ3) is 1.45. The molecule has 2 N–H and O–H groups in total. The van der Waals surface area contributed by atoms with E-state index >= 15 is 0 Å². The highest BCUT2D eigenvalue weighted by molar-refractivity contribution is 4.78. The van der Waals surface area contributed by atoms with Gasteiger partial charge in [0.25, 0.3) is 0 Å². The van der Waals surface area contributed by atoms with E-state index in [0.29, 0.717) is 6.04 Å². The van der Waals surface area contributed by atoms with Gasteiger partial charge in [-0.2, -0.15) is 0 Å². The average Bonchev–Trinajstić information content (AvgIpc) is 1.83. The molecule has 0 aromatic rings. The Labute approximate surface area is 57.6 Å². The van der Waals surface area contributed by atoms with Crippen molar-refractivity contribution in [1.29, 1.82) is 0 Å². The summed E-state index contributed by atoms with van der Waals surface area (Å²) in [6.45, 7) is 4.58. The molecule has 1 fully saturated rings. The van der Waals surface area contributed by atoms with Gasteiger partial charge in [0.1, 0.15) is 0 Å². The van der Waals surface area contributed by atoms with E-state index in [2.05, 4.69) is 13.8 Å². The van der Waals surface area contributed by atoms with E-state index in [0.717, 1.165) is 11.8 Å². The molecule has 0 heterocycles. The fraction of sp³-hybridized carbons (Fsp3) is 1.00. The molecule has 9 heavy (non-hydrogen) atoms. The van der Waals surface area contributed by atoms with E-state index in [1.165, 1.54) is 19.3 Å². The standard InChI is InChI=1S/C8H17N/c1-6-4-3-5-8(9)7(6)2/h6-8H,3-5,9H2,1-2H3/t6-,7+,8+/m1/s1. The summed E-state index contributed by atoms with van der Waals surface area (Å²) >= 11 is 0. The topological polar surface area (TPSA) is 26.0 Å². The Morgan fingerprint density at radius 3 is 2.33 bits per heavy atom. The van der Waals surface area contributed by atoms with Gasteiger partial charge in [-0.15, -0.1) is 0 Å². The lowest BCUT2D eigenvalue weighted by Crippen LogP contribution is -2.35. The molecule has 0 unspecified atom stereocenters. The van der Waals surface area contributed by atoms with Crippen LogP contribution in [-0.4, -0.2) is 6.04 Å². The number of hydrogen-bond acceptors (Lipinski definition) is 1. The van der Waals surface area contributed by atoms with Crippen molar-refractivity contribution in [3.63, 3.8) is 0 Å². The average molecular weight is 127 g/mol. The predicted molar refractivity (Wildman–Crippen MR) is 40.2 cm³/mol. The summed E-state index contributed by atoms with van der Waals surface area (Å²) in [4.78, 5) is 0. The van der Waals surface area contributed by atoms with Crippen LogP contribution in [0.2, 0.25) is 0 Å². The van der Waals surface area contributed by atoms with Gasteiger partial charge < -0.3 is 5.73 Å². The summed E-state index contributed by atoms with van der Waals surface area (Å²) in [5.41, 5.74) is 5.87. The van der Waals surface area contributed by atoms with E-state index in [-0.39, 0.29) is 0 Å². The molecule has 1 saturated carbocycles. The van der Waals surface area contributed by atoms with Gasteiger partial charge in [0.2, 0.25) is 0 Å². The molecule has 0 saturated heterocycles. The highest BCUT2D eigenvalue weighted by atomic mass is 14.7. The van der Waals surface area contributed by atoms with Crippen molar-refractivity contribution in [2.24, 2.45) is 17.6 Å². The normalized spacial score (nSPS) is 45.0. The first-order valence-corrected chi connectivity index (χ1v) is 3.97. The molecular weight excluding hydrogens is 110 g/mol. The molecule has 0 amide bonds. The zero-order valence-electron chi connectivity index (χ0n) is 6.43. The smallest absolute Gasteiger partial charge is 0.00670 e. The minimum absolute atomic E-state index is 0.480. The molecule has 1 aliphatic carbocycles. The van der Waals surface area contributed by atoms with Crippen molar-refractivity contribution in [2.45, 2.75) is 39.2 Å². The fourth-order valence-electron chi connectivity index (χ4n) is 1.62. The minimum atomic E-state index is 0.480. The molecule has 1 heteroatoms. The Hall–Kier alpha value is -0.0400. The van der Waals surface area contributed by atoms with Crippen molar-refractivity contribution >= 4 is 0 Å². The molecule has 3 atom stereocenters. The third-order valence-electron chi connectivity index (χ3n) is 2.77. The minimum Gasteiger partial charge on any atom is -0.327 e. The molecule has 1 nitrogen and oxygen atoms in total. The maximum Gasteiger partial charge on any atom is 0.00670 e. The summed E-state index contributed by atoms with van der Waals surface area (Å²) in [5, 5.41) is 0. The van der Waals surface area contributed by atoms with Crippen LogP contribution in [0, 0.1) is 11.8 Å². The monoisotopic (exact) mass is 127 g/mol. The van der Waals surface area contributed by atoms with E-state index in [1.807, 2.05) is 0 Å². The Kier molecular flexibility index (Phi) is 2.12. The van der Waals surface area contributed by atoms with Crippen molar-refractivity contribution in [2.75, 3.05) is 0 Å². The van der Waals surface area contributed by atoms with Crippen molar-refractivity contribution in [1.82, 2.24) is 0 Å². The largest absolute Gasteiger partial charge is 0.327 e. The molecule has 0 spiro atoms. The summed E-state index contributed by atoms with van der Waals surface area (Å²) in [7, 11) is 0. The quantitative estimate of drug-likeness (QED) is 0.527. The first kappa shape index (κ1) is 7.07. The van der Waals surface area contributed by atoms with Crippen molar-refractivity contribution < 1.29 is 0 Å². The first-order valence-electron chi connectivity index (χ1n) is 3.97. The molecule has 0 aliphatic heterocycles. The van der Waals surface area contributed by atoms with Gasteiger partial charge in [-0.25, -0.2) is 0 Å². The van der Waals surface area contributed by atoms with Gasteiger partial charge in [0, 0.05) is 6.04 Å². The van der Waals surface area contributed by atoms with E-state index < -0.39 is 0 Å². The van der Waals surface area contributed by atoms with Gasteiger partial charge >= 0.3 is 0 Å². The zero-order valence-corrected chi connectivity index (χ0v) is 6.43. The fourth-order valence-corrected chi connectivity index (χ4v) is 1.62. The van der Waals surface area contributed by atoms with Gasteiger partial charge in [0.05, 0.1) is 0 Å². The van der Waals surface area contributed by atoms with E-state index in [4.69, 9.17) is 5.73 Å². The lowest BCUT2D eigenvalue weighted by atomic mass is 9.78. The van der Waals surface area contributed by atoms with E-state index in [9.17, 15) is 0 Å². The maximum absolute atomic E-state index is 5.87. The Balaban J connectivity index is 2.41. The molecule has 0 radical (unpaired) electrons. The molecule has 54 valence electrons. The lowest BCUT2D eigenvalue weighted by Gasteiger charge is -2.31. The van der Waals surface area contributed by atoms with Crippen LogP contribution in [-0.2, 0) is 0 Å². The van der Waals surface area contributed by atoms with E-state index in [1.54, 1.807) is 0 Å². The molecule has 0 aromatic heterocycles. The van der Waals surface area contributed by atoms with Crippen LogP contribution < -0.4 is 5.73 Å². The molecule has 0 bridgehead atoms. The number of nitrogens with two attached hydrogens (primary N) is 1. The van der Waals surface area contributed by atoms with Crippen LogP contribution in [0.15, 0.2) is 0 Å². The summed E-state index contributed by atoms with van der Waals surface area (Å²) in [5.74, 6) is 1.60. The predicted octanol–water partition coefficient (Wildman–Crippen LogP) is 1.77. The van der Waals surface area contributed by atoms with Crippen LogP contribution in [0.3, 0.4) is 0 Å². The maximum atomic E-state index is 5.87. The lowest BCUT2D eigenvalue weighted by molar-refractivity contribution is 0.240. The second kappa shape index (κ2) is 2.70. The van der Waals surface area contributed by atoms with Crippen molar-refractivity contribution in [3.05, 3.63) is 0 Å². The summed E-state index contributed by atoms with van der Waals surface area (Å²) in [6.07, 6.45) is 3.97. The molecule has 0 aromatic carbocycles. The van der Waals surface area contributed by atoms with Crippen LogP contribution >= 0.6 is 0 Å². The van der Waals surface area contributed by atoms with Gasteiger partial charge in [-0.3, -0.25) is 0 Å². The summed E-state index contributed by atoms with van der Waals surface area (Å²) < 4.78 is 0. The zero-order chi connectivity index (χ0) is 6.85. The second-order valence-electron chi connectivity index (χ2n) is 3.43. The van der Waals surface area contributed by atoms with Crippen molar-refractivity contribution in [3.8, 4) is 0 Å².